The highest BCUT2D eigenvalue weighted by molar-refractivity contribution is 6.30. The van der Waals surface area contributed by atoms with E-state index in [0.717, 1.165) is 38.3 Å². The fraction of sp³-hybridized carbons (Fsp3) is 0.533. The molecule has 2 atom stereocenters. The number of nitrogens with zero attached hydrogens (tertiary/aromatic N) is 4. The minimum atomic E-state index is -0.246. The van der Waals surface area contributed by atoms with Crippen LogP contribution in [0.1, 0.15) is 19.3 Å². The normalized spacial score (nSPS) is 29.8. The van der Waals surface area contributed by atoms with E-state index in [1.54, 1.807) is 12.4 Å². The first-order chi connectivity index (χ1) is 9.68. The molecule has 0 radical (unpaired) electrons. The van der Waals surface area contributed by atoms with Crippen LogP contribution in [0.2, 0.25) is 5.02 Å². The molecule has 1 saturated carbocycles. The van der Waals surface area contributed by atoms with E-state index < -0.39 is 0 Å². The molecule has 0 bridgehead atoms. The Labute approximate surface area is 124 Å². The van der Waals surface area contributed by atoms with Crippen molar-refractivity contribution in [3.63, 3.8) is 0 Å². The average Bonchev–Trinajstić information content (AvgIpc) is 3.24. The van der Waals surface area contributed by atoms with Crippen molar-refractivity contribution < 1.29 is 0 Å². The summed E-state index contributed by atoms with van der Waals surface area (Å²) in [6.45, 7) is 5.71. The van der Waals surface area contributed by atoms with Gasteiger partial charge < -0.3 is 4.90 Å². The highest BCUT2D eigenvalue weighted by atomic mass is 35.5. The van der Waals surface area contributed by atoms with Crippen molar-refractivity contribution in [2.75, 3.05) is 18.0 Å². The van der Waals surface area contributed by atoms with Crippen molar-refractivity contribution in [1.82, 2.24) is 9.97 Å². The number of nitriles is 1. The lowest BCUT2D eigenvalue weighted by Crippen LogP contribution is -2.35. The second-order valence-electron chi connectivity index (χ2n) is 5.69. The molecule has 0 N–H and O–H groups in total. The molecule has 20 heavy (non-hydrogen) atoms. The zero-order valence-electron chi connectivity index (χ0n) is 11.3. The summed E-state index contributed by atoms with van der Waals surface area (Å²) in [5.41, 5.74) is -0.246. The first-order valence-corrected chi connectivity index (χ1v) is 7.33. The number of piperidine rings is 1. The van der Waals surface area contributed by atoms with Gasteiger partial charge in [0, 0.05) is 13.1 Å². The van der Waals surface area contributed by atoms with Crippen LogP contribution in [0.15, 0.2) is 25.0 Å². The summed E-state index contributed by atoms with van der Waals surface area (Å²) >= 11 is 5.80. The Balaban J connectivity index is 1.60. The molecule has 3 rings (SSSR count). The summed E-state index contributed by atoms with van der Waals surface area (Å²) in [6, 6.07) is 2.43. The van der Waals surface area contributed by atoms with Gasteiger partial charge >= 0.3 is 0 Å². The molecule has 0 aromatic carbocycles. The number of anilines is 1. The Morgan fingerprint density at radius 1 is 1.40 bits per heavy atom. The van der Waals surface area contributed by atoms with E-state index in [2.05, 4.69) is 27.5 Å². The van der Waals surface area contributed by atoms with Crippen molar-refractivity contribution in [1.29, 1.82) is 5.26 Å². The smallest absolute Gasteiger partial charge is 0.225 e. The molecule has 4 nitrogen and oxygen atoms in total. The molecule has 0 spiro atoms. The van der Waals surface area contributed by atoms with Crippen LogP contribution in [0, 0.1) is 28.6 Å². The summed E-state index contributed by atoms with van der Waals surface area (Å²) in [7, 11) is 0. The van der Waals surface area contributed by atoms with Crippen molar-refractivity contribution in [2.45, 2.75) is 19.3 Å². The zero-order chi connectivity index (χ0) is 14.2. The molecular formula is C15H17ClN4. The summed E-state index contributed by atoms with van der Waals surface area (Å²) in [6.07, 6.45) is 8.27. The minimum Gasteiger partial charge on any atom is -0.341 e. The monoisotopic (exact) mass is 288 g/mol. The summed E-state index contributed by atoms with van der Waals surface area (Å²) in [4.78, 5) is 10.7. The van der Waals surface area contributed by atoms with Crippen LogP contribution in [0.5, 0.6) is 0 Å². The molecule has 5 heteroatoms. The molecule has 2 fully saturated rings. The van der Waals surface area contributed by atoms with Crippen molar-refractivity contribution in [2.24, 2.45) is 17.3 Å². The molecule has 0 amide bonds. The lowest BCUT2D eigenvalue weighted by molar-refractivity contribution is 0.341. The van der Waals surface area contributed by atoms with Crippen LogP contribution in [0.25, 0.3) is 0 Å². The molecule has 2 aliphatic rings. The van der Waals surface area contributed by atoms with Gasteiger partial charge in [0.2, 0.25) is 5.95 Å². The van der Waals surface area contributed by atoms with Gasteiger partial charge in [0.15, 0.2) is 0 Å². The van der Waals surface area contributed by atoms with E-state index in [4.69, 9.17) is 11.6 Å². The van der Waals surface area contributed by atoms with Gasteiger partial charge in [-0.3, -0.25) is 0 Å². The predicted octanol–water partition coefficient (Wildman–Crippen LogP) is 3.06. The zero-order valence-corrected chi connectivity index (χ0v) is 12.1. The topological polar surface area (TPSA) is 52.8 Å². The Morgan fingerprint density at radius 3 is 2.55 bits per heavy atom. The summed E-state index contributed by atoms with van der Waals surface area (Å²) in [5.74, 6) is 1.87. The number of halogens is 1. The van der Waals surface area contributed by atoms with Gasteiger partial charge in [0.05, 0.1) is 28.9 Å². The van der Waals surface area contributed by atoms with Crippen molar-refractivity contribution in [3.8, 4) is 6.07 Å². The Morgan fingerprint density at radius 2 is 2.05 bits per heavy atom. The van der Waals surface area contributed by atoms with E-state index in [9.17, 15) is 5.26 Å². The van der Waals surface area contributed by atoms with Crippen LogP contribution < -0.4 is 4.90 Å². The first-order valence-electron chi connectivity index (χ1n) is 6.96. The molecule has 2 unspecified atom stereocenters. The highest BCUT2D eigenvalue weighted by Crippen LogP contribution is 2.59. The Hall–Kier alpha value is -1.60. The number of rotatable bonds is 3. The summed E-state index contributed by atoms with van der Waals surface area (Å²) < 4.78 is 0. The van der Waals surface area contributed by atoms with Gasteiger partial charge in [-0.1, -0.05) is 17.7 Å². The maximum Gasteiger partial charge on any atom is 0.225 e. The van der Waals surface area contributed by atoms with Crippen LogP contribution in [0.4, 0.5) is 5.95 Å². The fourth-order valence-corrected chi connectivity index (χ4v) is 3.37. The highest BCUT2D eigenvalue weighted by Gasteiger charge is 2.56. The third-order valence-corrected chi connectivity index (χ3v) is 4.82. The second kappa shape index (κ2) is 5.06. The SMILES string of the molecule is C=CC1(C#N)CC1C1CCN(c2ncc(Cl)cn2)CC1. The molecule has 1 aliphatic heterocycles. The Bertz CT molecular complexity index is 542. The molecule has 1 aromatic rings. The maximum absolute atomic E-state index is 9.25. The molecule has 1 aromatic heterocycles. The van der Waals surface area contributed by atoms with Crippen LogP contribution in [-0.4, -0.2) is 23.1 Å². The largest absolute Gasteiger partial charge is 0.341 e. The minimum absolute atomic E-state index is 0.246. The van der Waals surface area contributed by atoms with Gasteiger partial charge in [0.1, 0.15) is 0 Å². The van der Waals surface area contributed by atoms with Gasteiger partial charge in [-0.2, -0.15) is 5.26 Å². The van der Waals surface area contributed by atoms with Crippen LogP contribution >= 0.6 is 11.6 Å². The van der Waals surface area contributed by atoms with E-state index in [1.165, 1.54) is 0 Å². The van der Waals surface area contributed by atoms with Gasteiger partial charge in [0.25, 0.3) is 0 Å². The van der Waals surface area contributed by atoms with Gasteiger partial charge in [-0.05, 0) is 31.1 Å². The molecule has 1 aliphatic carbocycles. The average molecular weight is 289 g/mol. The fourth-order valence-electron chi connectivity index (χ4n) is 3.27. The number of hydrogen-bond acceptors (Lipinski definition) is 4. The first kappa shape index (κ1) is 13.4. The van der Waals surface area contributed by atoms with E-state index >= 15 is 0 Å². The van der Waals surface area contributed by atoms with Crippen molar-refractivity contribution >= 4 is 17.5 Å². The molecule has 104 valence electrons. The molecule has 2 heterocycles. The van der Waals surface area contributed by atoms with E-state index in [-0.39, 0.29) is 5.41 Å². The van der Waals surface area contributed by atoms with E-state index in [1.807, 2.05) is 6.08 Å². The van der Waals surface area contributed by atoms with Gasteiger partial charge in [-0.15, -0.1) is 6.58 Å². The predicted molar refractivity (Wildman–Crippen MR) is 78.3 cm³/mol. The van der Waals surface area contributed by atoms with Crippen LogP contribution in [-0.2, 0) is 0 Å². The Kier molecular flexibility index (Phi) is 3.39. The maximum atomic E-state index is 9.25. The lowest BCUT2D eigenvalue weighted by atomic mass is 9.87. The quantitative estimate of drug-likeness (QED) is 0.802. The number of aromatic nitrogens is 2. The standard InChI is InChI=1S/C15H17ClN4/c1-2-15(10-17)7-13(15)11-3-5-20(6-4-11)14-18-8-12(16)9-19-14/h2,8-9,11,13H,1,3-7H2. The van der Waals surface area contributed by atoms with E-state index in [0.29, 0.717) is 16.9 Å². The third-order valence-electron chi connectivity index (χ3n) is 4.63. The van der Waals surface area contributed by atoms with Crippen LogP contribution in [0.3, 0.4) is 0 Å². The van der Waals surface area contributed by atoms with Crippen molar-refractivity contribution in [3.05, 3.63) is 30.1 Å². The van der Waals surface area contributed by atoms with Gasteiger partial charge in [-0.25, -0.2) is 9.97 Å². The number of allylic oxidation sites excluding steroid dienone is 1. The second-order valence-corrected chi connectivity index (χ2v) is 6.13. The number of hydrogen-bond donors (Lipinski definition) is 0. The lowest BCUT2D eigenvalue weighted by Gasteiger charge is -2.32. The third kappa shape index (κ3) is 2.27. The molecule has 1 saturated heterocycles. The summed E-state index contributed by atoms with van der Waals surface area (Å²) in [5, 5.41) is 9.81. The molecular weight excluding hydrogens is 272 g/mol.